The van der Waals surface area contributed by atoms with Crippen LogP contribution in [0.2, 0.25) is 0 Å². The first-order valence-electron chi connectivity index (χ1n) is 14.6. The molecule has 0 amide bonds. The van der Waals surface area contributed by atoms with Crippen LogP contribution in [-0.4, -0.2) is 36.6 Å². The van der Waals surface area contributed by atoms with Crippen molar-refractivity contribution in [3.05, 3.63) is 0 Å². The van der Waals surface area contributed by atoms with Gasteiger partial charge in [0.05, 0.1) is 0 Å². The molecule has 0 heterocycles. The van der Waals surface area contributed by atoms with E-state index in [9.17, 15) is 30.6 Å². The van der Waals surface area contributed by atoms with Gasteiger partial charge in [-0.25, -0.2) is 0 Å². The smallest absolute Gasteiger partial charge is 0.852 e. The van der Waals surface area contributed by atoms with Crippen LogP contribution >= 0.6 is 0 Å². The molecule has 0 N–H and O–H groups in total. The van der Waals surface area contributed by atoms with Gasteiger partial charge in [-0.3, -0.25) is 0 Å². The quantitative estimate of drug-likeness (QED) is 0.402. The minimum atomic E-state index is -0.755. The predicted octanol–water partition coefficient (Wildman–Crippen LogP) is 2.78. The second-order valence-corrected chi connectivity index (χ2v) is 17.8. The molecule has 0 fully saturated rings. The van der Waals surface area contributed by atoms with E-state index in [2.05, 4.69) is 0 Å². The molecule has 0 saturated carbocycles. The zero-order valence-corrected chi connectivity index (χ0v) is 31.1. The molecular formula is C33H66O6Ru. The predicted molar refractivity (Wildman–Crippen MR) is 153 cm³/mol. The van der Waals surface area contributed by atoms with Crippen molar-refractivity contribution in [1.29, 1.82) is 0 Å². The second kappa shape index (κ2) is 17.6. The van der Waals surface area contributed by atoms with Gasteiger partial charge in [-0.2, -0.15) is 0 Å². The van der Waals surface area contributed by atoms with E-state index < -0.39 is 36.6 Å². The van der Waals surface area contributed by atoms with Crippen LogP contribution in [0.25, 0.3) is 0 Å². The summed E-state index contributed by atoms with van der Waals surface area (Å²) in [5.41, 5.74) is -1.79. The van der Waals surface area contributed by atoms with E-state index in [1.54, 1.807) is 0 Å². The molecule has 6 nitrogen and oxygen atoms in total. The monoisotopic (exact) mass is 660 g/mol. The van der Waals surface area contributed by atoms with Crippen LogP contribution in [-0.2, 0) is 19.5 Å². The molecular weight excluding hydrogens is 593 g/mol. The summed E-state index contributed by atoms with van der Waals surface area (Å²) in [6.45, 7) is 34.0. The fourth-order valence-corrected chi connectivity index (χ4v) is 2.70. The molecule has 40 heavy (non-hydrogen) atoms. The molecule has 7 heteroatoms. The summed E-state index contributed by atoms with van der Waals surface area (Å²) < 4.78 is 0. The first kappa shape index (κ1) is 47.3. The van der Waals surface area contributed by atoms with Gasteiger partial charge < -0.3 is 30.6 Å². The molecule has 0 aliphatic carbocycles. The Bertz CT molecular complexity index is 494. The largest absolute Gasteiger partial charge is 6.00 e. The van der Waals surface area contributed by atoms with E-state index in [0.717, 1.165) is 0 Å². The molecule has 0 radical (unpaired) electrons. The first-order valence-corrected chi connectivity index (χ1v) is 14.6. The van der Waals surface area contributed by atoms with Crippen LogP contribution in [0, 0.1) is 32.5 Å². The van der Waals surface area contributed by atoms with E-state index in [0.29, 0.717) is 0 Å². The molecule has 0 aromatic rings. The van der Waals surface area contributed by atoms with Crippen molar-refractivity contribution in [2.45, 2.75) is 181 Å². The Morgan fingerprint density at radius 2 is 0.350 bits per heavy atom. The molecule has 0 aliphatic heterocycles. The molecule has 6 atom stereocenters. The van der Waals surface area contributed by atoms with E-state index in [1.807, 2.05) is 125 Å². The maximum atomic E-state index is 11.6. The summed E-state index contributed by atoms with van der Waals surface area (Å²) in [7, 11) is 0. The maximum Gasteiger partial charge on any atom is 6.00 e. The second-order valence-electron chi connectivity index (χ2n) is 17.8. The van der Waals surface area contributed by atoms with Gasteiger partial charge in [0.2, 0.25) is 0 Å². The van der Waals surface area contributed by atoms with Gasteiger partial charge in [0.25, 0.3) is 0 Å². The fourth-order valence-electron chi connectivity index (χ4n) is 2.70. The molecule has 0 saturated heterocycles. The van der Waals surface area contributed by atoms with Crippen LogP contribution in [0.15, 0.2) is 0 Å². The Kier molecular flexibility index (Phi) is 20.8. The summed E-state index contributed by atoms with van der Waals surface area (Å²) in [5, 5.41) is 69.6. The Hall–Kier alpha value is 0.383. The Morgan fingerprint density at radius 1 is 0.275 bits per heavy atom. The number of hydrogen-bond donors (Lipinski definition) is 0. The Balaban J connectivity index is -0.000000240. The summed E-state index contributed by atoms with van der Waals surface area (Å²) >= 11 is 0. The van der Waals surface area contributed by atoms with Crippen molar-refractivity contribution in [1.82, 2.24) is 0 Å². The summed E-state index contributed by atoms with van der Waals surface area (Å²) in [4.78, 5) is 0. The molecule has 0 aromatic heterocycles. The van der Waals surface area contributed by atoms with Gasteiger partial charge in [-0.1, -0.05) is 176 Å². The zero-order valence-electron chi connectivity index (χ0n) is 29.4. The van der Waals surface area contributed by atoms with Crippen LogP contribution in [0.1, 0.15) is 144 Å². The minimum absolute atomic E-state index is 0. The minimum Gasteiger partial charge on any atom is -0.852 e. The molecule has 242 valence electrons. The number of rotatable bonds is 6. The standard InChI is InChI=1S/3C11H22O2.Ru/c3*1-10(2,3)8(12)7-9(13)11(4,5)6;/h3*8-9H,7H2,1-6H3;/q3*-2;+6. The average Bonchev–Trinajstić information content (AvgIpc) is 2.64. The van der Waals surface area contributed by atoms with Crippen molar-refractivity contribution in [2.75, 3.05) is 0 Å². The summed E-state index contributed by atoms with van der Waals surface area (Å²) in [6.07, 6.45) is -3.84. The van der Waals surface area contributed by atoms with E-state index in [1.165, 1.54) is 0 Å². The van der Waals surface area contributed by atoms with Gasteiger partial charge in [0.15, 0.2) is 0 Å². The molecule has 6 unspecified atom stereocenters. The topological polar surface area (TPSA) is 138 Å². The van der Waals surface area contributed by atoms with Gasteiger partial charge >= 0.3 is 19.5 Å². The normalized spacial score (nSPS) is 18.0. The average molecular weight is 660 g/mol. The van der Waals surface area contributed by atoms with Gasteiger partial charge in [-0.15, -0.1) is 36.6 Å². The Morgan fingerprint density at radius 3 is 0.400 bits per heavy atom. The van der Waals surface area contributed by atoms with Crippen LogP contribution in [0.5, 0.6) is 0 Å². The van der Waals surface area contributed by atoms with Crippen molar-refractivity contribution in [3.63, 3.8) is 0 Å². The fraction of sp³-hybridized carbons (Fsp3) is 1.00. The van der Waals surface area contributed by atoms with Crippen LogP contribution in [0.4, 0.5) is 0 Å². The third-order valence-corrected chi connectivity index (χ3v) is 7.08. The van der Waals surface area contributed by atoms with Crippen molar-refractivity contribution >= 4 is 0 Å². The van der Waals surface area contributed by atoms with Crippen molar-refractivity contribution in [3.8, 4) is 0 Å². The van der Waals surface area contributed by atoms with E-state index in [4.69, 9.17) is 0 Å². The Labute approximate surface area is 262 Å². The SMILES string of the molecule is CC(C)(C)C([O-])CC([O-])C(C)(C)C.CC(C)(C)C([O-])CC([O-])C(C)(C)C.CC(C)(C)C([O-])CC([O-])C(C)(C)C.[Ru+6]. The molecule has 0 aliphatic rings. The first-order chi connectivity index (χ1) is 16.6. The van der Waals surface area contributed by atoms with Crippen LogP contribution in [0.3, 0.4) is 0 Å². The molecule has 0 bridgehead atoms. The molecule has 0 aromatic carbocycles. The van der Waals surface area contributed by atoms with Gasteiger partial charge in [-0.05, 0) is 0 Å². The van der Waals surface area contributed by atoms with Crippen LogP contribution < -0.4 is 30.6 Å². The maximum absolute atomic E-state index is 11.6. The van der Waals surface area contributed by atoms with E-state index in [-0.39, 0.29) is 71.2 Å². The summed E-state index contributed by atoms with van der Waals surface area (Å²) in [6, 6.07) is 0. The van der Waals surface area contributed by atoms with E-state index >= 15 is 0 Å². The van der Waals surface area contributed by atoms with Crippen molar-refractivity contribution < 1.29 is 50.1 Å². The molecule has 0 spiro atoms. The summed E-state index contributed by atoms with van der Waals surface area (Å²) in [5.74, 6) is 0. The molecule has 0 rings (SSSR count). The number of hydrogen-bond acceptors (Lipinski definition) is 6. The zero-order chi connectivity index (χ0) is 32.6. The van der Waals surface area contributed by atoms with Gasteiger partial charge in [0.1, 0.15) is 0 Å². The third kappa shape index (κ3) is 22.9. The van der Waals surface area contributed by atoms with Gasteiger partial charge in [0, 0.05) is 0 Å². The third-order valence-electron chi connectivity index (χ3n) is 7.08. The van der Waals surface area contributed by atoms with Crippen molar-refractivity contribution in [2.24, 2.45) is 32.5 Å².